The average Bonchev–Trinajstić information content (AvgIpc) is 2.70. The van der Waals surface area contributed by atoms with Gasteiger partial charge in [-0.3, -0.25) is 9.69 Å². The predicted molar refractivity (Wildman–Crippen MR) is 109 cm³/mol. The van der Waals surface area contributed by atoms with Gasteiger partial charge < -0.3 is 5.32 Å². The molecular formula is C22H26N4O. The molecular weight excluding hydrogens is 336 g/mol. The Labute approximate surface area is 159 Å². The van der Waals surface area contributed by atoms with Crippen LogP contribution < -0.4 is 10.9 Å². The van der Waals surface area contributed by atoms with Gasteiger partial charge in [0, 0.05) is 44.8 Å². The lowest BCUT2D eigenvalue weighted by Gasteiger charge is -2.37. The molecule has 0 amide bonds. The van der Waals surface area contributed by atoms with Gasteiger partial charge in [-0.1, -0.05) is 42.5 Å². The van der Waals surface area contributed by atoms with Gasteiger partial charge in [0.1, 0.15) is 0 Å². The maximum Gasteiger partial charge on any atom is 0.266 e. The molecule has 4 rings (SSSR count). The zero-order valence-electron chi connectivity index (χ0n) is 15.8. The number of hydrogen-bond donors (Lipinski definition) is 1. The van der Waals surface area contributed by atoms with Crippen LogP contribution in [-0.4, -0.2) is 40.9 Å². The number of fused-ring (bicyclic) bond motifs is 1. The molecule has 1 atom stereocenters. The van der Waals surface area contributed by atoms with Gasteiger partial charge >= 0.3 is 0 Å². The van der Waals surface area contributed by atoms with Crippen molar-refractivity contribution in [2.75, 3.05) is 26.2 Å². The van der Waals surface area contributed by atoms with Crippen molar-refractivity contribution in [1.29, 1.82) is 0 Å². The van der Waals surface area contributed by atoms with Crippen molar-refractivity contribution < 1.29 is 0 Å². The van der Waals surface area contributed by atoms with Crippen molar-refractivity contribution in [2.45, 2.75) is 25.9 Å². The number of piperazine rings is 1. The summed E-state index contributed by atoms with van der Waals surface area (Å²) in [5.41, 5.74) is 2.24. The third-order valence-corrected chi connectivity index (χ3v) is 5.35. The van der Waals surface area contributed by atoms with E-state index in [0.717, 1.165) is 38.3 Å². The SMILES string of the molecule is Cc1ccc(=O)n(CCCN2CCNCC2c2cccc3ccccc23)n1. The van der Waals surface area contributed by atoms with Crippen molar-refractivity contribution >= 4 is 10.8 Å². The van der Waals surface area contributed by atoms with Gasteiger partial charge in [0.15, 0.2) is 0 Å². The van der Waals surface area contributed by atoms with Crippen molar-refractivity contribution in [3.05, 3.63) is 76.2 Å². The largest absolute Gasteiger partial charge is 0.314 e. The molecule has 1 unspecified atom stereocenters. The highest BCUT2D eigenvalue weighted by Crippen LogP contribution is 2.29. The third-order valence-electron chi connectivity index (χ3n) is 5.35. The Morgan fingerprint density at radius 2 is 1.93 bits per heavy atom. The molecule has 1 aromatic heterocycles. The fraction of sp³-hybridized carbons (Fsp3) is 0.364. The second-order valence-electron chi connectivity index (χ2n) is 7.21. The van der Waals surface area contributed by atoms with Gasteiger partial charge in [0.2, 0.25) is 0 Å². The minimum atomic E-state index is -0.0217. The highest BCUT2D eigenvalue weighted by atomic mass is 16.1. The van der Waals surface area contributed by atoms with Gasteiger partial charge in [0.25, 0.3) is 5.56 Å². The fourth-order valence-electron chi connectivity index (χ4n) is 4.00. The molecule has 0 aliphatic carbocycles. The summed E-state index contributed by atoms with van der Waals surface area (Å²) in [4.78, 5) is 14.5. The van der Waals surface area contributed by atoms with Crippen LogP contribution >= 0.6 is 0 Å². The molecule has 0 bridgehead atoms. The van der Waals surface area contributed by atoms with E-state index in [1.54, 1.807) is 16.8 Å². The summed E-state index contributed by atoms with van der Waals surface area (Å²) in [7, 11) is 0. The number of rotatable bonds is 5. The molecule has 140 valence electrons. The first-order valence-electron chi connectivity index (χ1n) is 9.69. The highest BCUT2D eigenvalue weighted by molar-refractivity contribution is 5.86. The zero-order chi connectivity index (χ0) is 18.6. The molecule has 2 aromatic carbocycles. The first-order valence-corrected chi connectivity index (χ1v) is 9.69. The van der Waals surface area contributed by atoms with Gasteiger partial charge in [-0.05, 0) is 35.7 Å². The van der Waals surface area contributed by atoms with Crippen LogP contribution in [0.4, 0.5) is 0 Å². The van der Waals surface area contributed by atoms with E-state index in [-0.39, 0.29) is 5.56 Å². The second-order valence-corrected chi connectivity index (χ2v) is 7.21. The smallest absolute Gasteiger partial charge is 0.266 e. The molecule has 0 saturated carbocycles. The van der Waals surface area contributed by atoms with Crippen LogP contribution in [0.1, 0.15) is 23.7 Å². The standard InChI is InChI=1S/C22H26N4O/c1-17-10-11-22(27)26(24-17)14-5-13-25-15-12-23-16-21(25)20-9-4-7-18-6-2-3-8-19(18)20/h2-4,6-11,21,23H,5,12-16H2,1H3. The number of benzene rings is 2. The van der Waals surface area contributed by atoms with E-state index >= 15 is 0 Å². The average molecular weight is 362 g/mol. The summed E-state index contributed by atoms with van der Waals surface area (Å²) >= 11 is 0. The third kappa shape index (κ3) is 3.94. The summed E-state index contributed by atoms with van der Waals surface area (Å²) in [6, 6.07) is 18.9. The van der Waals surface area contributed by atoms with Crippen LogP contribution in [0.5, 0.6) is 0 Å². The number of nitrogens with one attached hydrogen (secondary N) is 1. The van der Waals surface area contributed by atoms with Gasteiger partial charge in [-0.25, -0.2) is 4.68 Å². The lowest BCUT2D eigenvalue weighted by molar-refractivity contribution is 0.158. The minimum Gasteiger partial charge on any atom is -0.314 e. The van der Waals surface area contributed by atoms with E-state index in [1.807, 2.05) is 6.92 Å². The summed E-state index contributed by atoms with van der Waals surface area (Å²) < 4.78 is 1.59. The van der Waals surface area contributed by atoms with Crippen LogP contribution in [0.15, 0.2) is 59.4 Å². The minimum absolute atomic E-state index is 0.0217. The van der Waals surface area contributed by atoms with Gasteiger partial charge in [0.05, 0.1) is 5.69 Å². The molecule has 0 radical (unpaired) electrons. The molecule has 5 heteroatoms. The molecule has 1 fully saturated rings. The zero-order valence-corrected chi connectivity index (χ0v) is 15.8. The lowest BCUT2D eigenvalue weighted by atomic mass is 9.96. The number of hydrogen-bond acceptors (Lipinski definition) is 4. The first-order chi connectivity index (χ1) is 13.2. The van der Waals surface area contributed by atoms with Crippen LogP contribution in [-0.2, 0) is 6.54 Å². The van der Waals surface area contributed by atoms with Gasteiger partial charge in [-0.15, -0.1) is 0 Å². The maximum absolute atomic E-state index is 12.0. The van der Waals surface area contributed by atoms with E-state index < -0.39 is 0 Å². The number of aryl methyl sites for hydroxylation is 2. The number of aromatic nitrogens is 2. The highest BCUT2D eigenvalue weighted by Gasteiger charge is 2.24. The normalized spacial score (nSPS) is 18.0. The molecule has 27 heavy (non-hydrogen) atoms. The molecule has 1 aliphatic heterocycles. The molecule has 0 spiro atoms. The topological polar surface area (TPSA) is 50.2 Å². The molecule has 2 heterocycles. The van der Waals surface area contributed by atoms with Crippen molar-refractivity contribution in [3.63, 3.8) is 0 Å². The Morgan fingerprint density at radius 1 is 1.07 bits per heavy atom. The molecule has 1 N–H and O–H groups in total. The fourth-order valence-corrected chi connectivity index (χ4v) is 4.00. The first kappa shape index (κ1) is 17.9. The molecule has 5 nitrogen and oxygen atoms in total. The lowest BCUT2D eigenvalue weighted by Crippen LogP contribution is -2.46. The maximum atomic E-state index is 12.0. The Hall–Kier alpha value is -2.50. The van der Waals surface area contributed by atoms with Crippen molar-refractivity contribution in [2.24, 2.45) is 0 Å². The predicted octanol–water partition coefficient (Wildman–Crippen LogP) is 2.74. The van der Waals surface area contributed by atoms with E-state index in [0.29, 0.717) is 12.6 Å². The summed E-state index contributed by atoms with van der Waals surface area (Å²) in [5.74, 6) is 0. The summed E-state index contributed by atoms with van der Waals surface area (Å²) in [6.45, 7) is 6.51. The molecule has 1 aliphatic rings. The van der Waals surface area contributed by atoms with Crippen molar-refractivity contribution in [3.8, 4) is 0 Å². The quantitative estimate of drug-likeness (QED) is 0.758. The monoisotopic (exact) mass is 362 g/mol. The second kappa shape index (κ2) is 8.03. The van der Waals surface area contributed by atoms with E-state index in [4.69, 9.17) is 0 Å². The molecule has 1 saturated heterocycles. The van der Waals surface area contributed by atoms with Crippen LogP contribution in [0.3, 0.4) is 0 Å². The Kier molecular flexibility index (Phi) is 5.32. The molecule has 3 aromatic rings. The van der Waals surface area contributed by atoms with Gasteiger partial charge in [-0.2, -0.15) is 5.10 Å². The number of nitrogens with zero attached hydrogens (tertiary/aromatic N) is 3. The van der Waals surface area contributed by atoms with Crippen LogP contribution in [0, 0.1) is 6.92 Å². The Morgan fingerprint density at radius 3 is 2.85 bits per heavy atom. The van der Waals surface area contributed by atoms with E-state index in [2.05, 4.69) is 57.8 Å². The van der Waals surface area contributed by atoms with Crippen molar-refractivity contribution in [1.82, 2.24) is 20.0 Å². The van der Waals surface area contributed by atoms with Crippen LogP contribution in [0.25, 0.3) is 10.8 Å². The van der Waals surface area contributed by atoms with Crippen LogP contribution in [0.2, 0.25) is 0 Å². The Balaban J connectivity index is 1.51. The summed E-state index contributed by atoms with van der Waals surface area (Å²) in [5, 5.41) is 10.5. The van der Waals surface area contributed by atoms with E-state index in [1.165, 1.54) is 16.3 Å². The van der Waals surface area contributed by atoms with E-state index in [9.17, 15) is 4.79 Å². The Bertz CT molecular complexity index is 976. The summed E-state index contributed by atoms with van der Waals surface area (Å²) in [6.07, 6.45) is 0.914.